The van der Waals surface area contributed by atoms with E-state index in [2.05, 4.69) is 43.0 Å². The largest absolute Gasteiger partial charge is 0.312 e. The van der Waals surface area contributed by atoms with Crippen LogP contribution in [-0.2, 0) is 6.54 Å². The summed E-state index contributed by atoms with van der Waals surface area (Å²) in [7, 11) is 0. The molecule has 1 rings (SSSR count). The number of hydrogen-bond donors (Lipinski definition) is 1. The standard InChI is InChI=1S/C13H23N3.ClH/c1-11(2)5-13(3,4)9-14-6-12-7-15-10-16-8-12;/h7-8,10-11,14H,5-6,9H2,1-4H3;1H. The summed E-state index contributed by atoms with van der Waals surface area (Å²) in [6.45, 7) is 11.0. The second kappa shape index (κ2) is 7.62. The predicted octanol–water partition coefficient (Wildman–Crippen LogP) is 3.06. The minimum absolute atomic E-state index is 0. The van der Waals surface area contributed by atoms with Crippen molar-refractivity contribution >= 4 is 12.4 Å². The van der Waals surface area contributed by atoms with Crippen LogP contribution in [0.4, 0.5) is 0 Å². The highest BCUT2D eigenvalue weighted by Crippen LogP contribution is 2.24. The van der Waals surface area contributed by atoms with E-state index in [1.807, 2.05) is 12.4 Å². The highest BCUT2D eigenvalue weighted by Gasteiger charge is 2.18. The van der Waals surface area contributed by atoms with Crippen LogP contribution in [0.2, 0.25) is 0 Å². The van der Waals surface area contributed by atoms with Crippen molar-refractivity contribution in [3.63, 3.8) is 0 Å². The zero-order chi connectivity index (χ0) is 12.0. The van der Waals surface area contributed by atoms with Crippen LogP contribution >= 0.6 is 12.4 Å². The minimum atomic E-state index is 0. The van der Waals surface area contributed by atoms with Gasteiger partial charge in [0, 0.05) is 31.0 Å². The van der Waals surface area contributed by atoms with Crippen LogP contribution in [0.1, 0.15) is 39.7 Å². The van der Waals surface area contributed by atoms with Crippen molar-refractivity contribution in [3.05, 3.63) is 24.3 Å². The summed E-state index contributed by atoms with van der Waals surface area (Å²) in [6, 6.07) is 0. The van der Waals surface area contributed by atoms with Gasteiger partial charge in [0.2, 0.25) is 0 Å². The molecule has 0 aliphatic heterocycles. The molecule has 1 heterocycles. The molecule has 98 valence electrons. The molecule has 0 aromatic carbocycles. The van der Waals surface area contributed by atoms with Gasteiger partial charge in [0.25, 0.3) is 0 Å². The first-order chi connectivity index (χ1) is 7.49. The second-order valence-electron chi connectivity index (χ2n) is 5.61. The Hall–Kier alpha value is -0.670. The van der Waals surface area contributed by atoms with Crippen molar-refractivity contribution in [3.8, 4) is 0 Å². The Morgan fingerprint density at radius 3 is 2.35 bits per heavy atom. The molecule has 0 fully saturated rings. The maximum absolute atomic E-state index is 4.00. The molecule has 3 nitrogen and oxygen atoms in total. The average molecular weight is 258 g/mol. The molecular formula is C13H24ClN3. The van der Waals surface area contributed by atoms with Crippen molar-refractivity contribution < 1.29 is 0 Å². The number of rotatable bonds is 6. The lowest BCUT2D eigenvalue weighted by Gasteiger charge is -2.27. The van der Waals surface area contributed by atoms with Gasteiger partial charge in [-0.15, -0.1) is 12.4 Å². The third-order valence-electron chi connectivity index (χ3n) is 2.51. The fourth-order valence-corrected chi connectivity index (χ4v) is 2.14. The maximum Gasteiger partial charge on any atom is 0.115 e. The Kier molecular flexibility index (Phi) is 7.32. The van der Waals surface area contributed by atoms with Crippen LogP contribution in [0.5, 0.6) is 0 Å². The molecule has 1 N–H and O–H groups in total. The van der Waals surface area contributed by atoms with Crippen molar-refractivity contribution in [2.24, 2.45) is 11.3 Å². The molecule has 0 saturated heterocycles. The van der Waals surface area contributed by atoms with Gasteiger partial charge in [0.1, 0.15) is 6.33 Å². The zero-order valence-electron chi connectivity index (χ0n) is 11.2. The van der Waals surface area contributed by atoms with E-state index in [0.29, 0.717) is 5.41 Å². The van der Waals surface area contributed by atoms with E-state index in [0.717, 1.165) is 24.6 Å². The van der Waals surface area contributed by atoms with Gasteiger partial charge in [0.05, 0.1) is 0 Å². The Morgan fingerprint density at radius 2 is 1.82 bits per heavy atom. The molecule has 0 aliphatic carbocycles. The van der Waals surface area contributed by atoms with Gasteiger partial charge in [-0.3, -0.25) is 0 Å². The van der Waals surface area contributed by atoms with Crippen LogP contribution in [0.3, 0.4) is 0 Å². The Morgan fingerprint density at radius 1 is 1.24 bits per heavy atom. The normalized spacial score (nSPS) is 11.4. The van der Waals surface area contributed by atoms with Gasteiger partial charge in [0.15, 0.2) is 0 Å². The van der Waals surface area contributed by atoms with Crippen molar-refractivity contribution in [1.29, 1.82) is 0 Å². The third kappa shape index (κ3) is 7.29. The van der Waals surface area contributed by atoms with Crippen molar-refractivity contribution in [2.75, 3.05) is 6.54 Å². The molecule has 1 aromatic heterocycles. The zero-order valence-corrected chi connectivity index (χ0v) is 12.0. The van der Waals surface area contributed by atoms with Gasteiger partial charge in [-0.05, 0) is 17.8 Å². The smallest absolute Gasteiger partial charge is 0.115 e. The SMILES string of the molecule is CC(C)CC(C)(C)CNCc1cncnc1.Cl. The lowest BCUT2D eigenvalue weighted by Crippen LogP contribution is -2.30. The Bertz CT molecular complexity index is 299. The van der Waals surface area contributed by atoms with E-state index in [1.54, 1.807) is 6.33 Å². The first-order valence-corrected chi connectivity index (χ1v) is 5.94. The van der Waals surface area contributed by atoms with E-state index in [-0.39, 0.29) is 12.4 Å². The van der Waals surface area contributed by atoms with Crippen LogP contribution in [0.15, 0.2) is 18.7 Å². The number of hydrogen-bond acceptors (Lipinski definition) is 3. The van der Waals surface area contributed by atoms with E-state index in [9.17, 15) is 0 Å². The average Bonchev–Trinajstić information content (AvgIpc) is 2.16. The first-order valence-electron chi connectivity index (χ1n) is 5.94. The third-order valence-corrected chi connectivity index (χ3v) is 2.51. The molecular weight excluding hydrogens is 234 g/mol. The summed E-state index contributed by atoms with van der Waals surface area (Å²) in [5, 5.41) is 3.47. The van der Waals surface area contributed by atoms with E-state index < -0.39 is 0 Å². The molecule has 0 bridgehead atoms. The van der Waals surface area contributed by atoms with Crippen LogP contribution in [-0.4, -0.2) is 16.5 Å². The topological polar surface area (TPSA) is 37.8 Å². The molecule has 0 aliphatic rings. The molecule has 0 unspecified atom stereocenters. The lowest BCUT2D eigenvalue weighted by molar-refractivity contribution is 0.273. The second-order valence-corrected chi connectivity index (χ2v) is 5.61. The van der Waals surface area contributed by atoms with Crippen molar-refractivity contribution in [1.82, 2.24) is 15.3 Å². The maximum atomic E-state index is 4.00. The molecule has 1 aromatic rings. The summed E-state index contributed by atoms with van der Waals surface area (Å²) in [4.78, 5) is 7.99. The highest BCUT2D eigenvalue weighted by molar-refractivity contribution is 5.85. The summed E-state index contributed by atoms with van der Waals surface area (Å²) in [6.07, 6.45) is 6.52. The highest BCUT2D eigenvalue weighted by atomic mass is 35.5. The Labute approximate surface area is 111 Å². The lowest BCUT2D eigenvalue weighted by atomic mass is 9.84. The molecule has 0 spiro atoms. The van der Waals surface area contributed by atoms with E-state index in [1.165, 1.54) is 6.42 Å². The summed E-state index contributed by atoms with van der Waals surface area (Å²) < 4.78 is 0. The molecule has 4 heteroatoms. The summed E-state index contributed by atoms with van der Waals surface area (Å²) >= 11 is 0. The fourth-order valence-electron chi connectivity index (χ4n) is 2.14. The molecule has 0 saturated carbocycles. The van der Waals surface area contributed by atoms with Crippen LogP contribution < -0.4 is 5.32 Å². The molecule has 17 heavy (non-hydrogen) atoms. The number of aromatic nitrogens is 2. The monoisotopic (exact) mass is 257 g/mol. The number of nitrogens with zero attached hydrogens (tertiary/aromatic N) is 2. The van der Waals surface area contributed by atoms with Crippen LogP contribution in [0, 0.1) is 11.3 Å². The summed E-state index contributed by atoms with van der Waals surface area (Å²) in [5.74, 6) is 0.747. The Balaban J connectivity index is 0.00000256. The van der Waals surface area contributed by atoms with Gasteiger partial charge in [-0.2, -0.15) is 0 Å². The minimum Gasteiger partial charge on any atom is -0.312 e. The molecule has 0 radical (unpaired) electrons. The number of halogens is 1. The van der Waals surface area contributed by atoms with Crippen LogP contribution in [0.25, 0.3) is 0 Å². The number of nitrogens with one attached hydrogen (secondary N) is 1. The predicted molar refractivity (Wildman–Crippen MR) is 74.2 cm³/mol. The first kappa shape index (κ1) is 16.3. The van der Waals surface area contributed by atoms with Gasteiger partial charge < -0.3 is 5.32 Å². The van der Waals surface area contributed by atoms with E-state index in [4.69, 9.17) is 0 Å². The molecule has 0 amide bonds. The quantitative estimate of drug-likeness (QED) is 0.851. The van der Waals surface area contributed by atoms with E-state index >= 15 is 0 Å². The van der Waals surface area contributed by atoms with Gasteiger partial charge in [-0.1, -0.05) is 27.7 Å². The summed E-state index contributed by atoms with van der Waals surface area (Å²) in [5.41, 5.74) is 1.49. The van der Waals surface area contributed by atoms with Crippen molar-refractivity contribution in [2.45, 2.75) is 40.7 Å². The van der Waals surface area contributed by atoms with Gasteiger partial charge >= 0.3 is 0 Å². The van der Waals surface area contributed by atoms with Gasteiger partial charge in [-0.25, -0.2) is 9.97 Å². The molecule has 0 atom stereocenters. The fraction of sp³-hybridized carbons (Fsp3) is 0.692.